The van der Waals surface area contributed by atoms with Gasteiger partial charge in [0.15, 0.2) is 6.61 Å². The number of nitro benzene ring substituents is 1. The van der Waals surface area contributed by atoms with Gasteiger partial charge in [-0.3, -0.25) is 19.7 Å². The summed E-state index contributed by atoms with van der Waals surface area (Å²) in [5.74, 6) is -1.21. The highest BCUT2D eigenvalue weighted by Gasteiger charge is 2.36. The van der Waals surface area contributed by atoms with Crippen molar-refractivity contribution in [2.45, 2.75) is 44.0 Å². The van der Waals surface area contributed by atoms with E-state index in [0.29, 0.717) is 18.6 Å². The number of ether oxygens (including phenoxy) is 1. The number of amides is 1. The Morgan fingerprint density at radius 2 is 1.72 bits per heavy atom. The Labute approximate surface area is 210 Å². The molecule has 0 radical (unpaired) electrons. The Balaban J connectivity index is 1.98. The van der Waals surface area contributed by atoms with Crippen molar-refractivity contribution in [3.63, 3.8) is 0 Å². The van der Waals surface area contributed by atoms with Crippen molar-refractivity contribution in [3.8, 4) is 5.75 Å². The number of carboxylic acid groups (broad SMARTS) is 1. The van der Waals surface area contributed by atoms with Gasteiger partial charge in [0.1, 0.15) is 11.8 Å². The predicted molar refractivity (Wildman–Crippen MR) is 132 cm³/mol. The summed E-state index contributed by atoms with van der Waals surface area (Å²) in [6, 6.07) is 11.9. The van der Waals surface area contributed by atoms with Crippen molar-refractivity contribution in [1.29, 1.82) is 0 Å². The van der Waals surface area contributed by atoms with E-state index in [1.54, 1.807) is 38.1 Å². The van der Waals surface area contributed by atoms with Crippen molar-refractivity contribution < 1.29 is 32.8 Å². The highest BCUT2D eigenvalue weighted by Crippen LogP contribution is 2.24. The van der Waals surface area contributed by atoms with Gasteiger partial charge >= 0.3 is 5.97 Å². The molecule has 2 aromatic carbocycles. The van der Waals surface area contributed by atoms with E-state index in [-0.39, 0.29) is 48.5 Å². The molecule has 36 heavy (non-hydrogen) atoms. The molecule has 0 unspecified atom stereocenters. The zero-order valence-electron chi connectivity index (χ0n) is 20.2. The van der Waals surface area contributed by atoms with Crippen LogP contribution < -0.4 is 10.1 Å². The van der Waals surface area contributed by atoms with Gasteiger partial charge in [-0.1, -0.05) is 32.0 Å². The van der Waals surface area contributed by atoms with Crippen molar-refractivity contribution in [3.05, 3.63) is 64.7 Å². The number of hydrogen-bond acceptors (Lipinski definition) is 7. The van der Waals surface area contributed by atoms with Crippen LogP contribution in [-0.2, 0) is 19.6 Å². The van der Waals surface area contributed by atoms with Crippen molar-refractivity contribution in [2.75, 3.05) is 19.7 Å². The highest BCUT2D eigenvalue weighted by molar-refractivity contribution is 7.89. The van der Waals surface area contributed by atoms with Crippen molar-refractivity contribution >= 4 is 27.6 Å². The van der Waals surface area contributed by atoms with Crippen LogP contribution in [0.2, 0.25) is 0 Å². The number of benzene rings is 2. The number of carbonyl (C=O) groups excluding carboxylic acids is 1. The van der Waals surface area contributed by atoms with E-state index in [4.69, 9.17) is 4.74 Å². The molecular weight excluding hydrogens is 490 g/mol. The molecule has 0 aliphatic rings. The van der Waals surface area contributed by atoms with Gasteiger partial charge in [-0.15, -0.1) is 0 Å². The number of nitrogens with one attached hydrogen (secondary N) is 1. The van der Waals surface area contributed by atoms with E-state index < -0.39 is 27.0 Å². The van der Waals surface area contributed by atoms with E-state index in [9.17, 15) is 33.2 Å². The molecule has 1 atom stereocenters. The fourth-order valence-corrected chi connectivity index (χ4v) is 5.20. The van der Waals surface area contributed by atoms with Gasteiger partial charge in [0, 0.05) is 25.2 Å². The molecule has 0 aromatic heterocycles. The van der Waals surface area contributed by atoms with Gasteiger partial charge in [0.25, 0.3) is 11.6 Å². The largest absolute Gasteiger partial charge is 0.484 e. The second-order valence-corrected chi connectivity index (χ2v) is 10.4. The number of sulfonamides is 1. The first-order valence-corrected chi connectivity index (χ1v) is 12.9. The summed E-state index contributed by atoms with van der Waals surface area (Å²) in [5.41, 5.74) is -0.268. The molecule has 12 heteroatoms. The molecule has 0 fully saturated rings. The van der Waals surface area contributed by atoms with Crippen LogP contribution in [-0.4, -0.2) is 60.4 Å². The van der Waals surface area contributed by atoms with E-state index in [2.05, 4.69) is 5.32 Å². The number of aliphatic carboxylic acids is 1. The lowest BCUT2D eigenvalue weighted by Gasteiger charge is -2.29. The molecular formula is C24H31N3O8S. The molecule has 11 nitrogen and oxygen atoms in total. The van der Waals surface area contributed by atoms with Crippen LogP contribution in [0.1, 0.15) is 33.1 Å². The quantitative estimate of drug-likeness (QED) is 0.206. The fourth-order valence-electron chi connectivity index (χ4n) is 3.43. The SMILES string of the molecule is CC(C)CN([C@@H](CCCCNC(=O)COc1ccccc1)C(=O)O)S(=O)(=O)c1ccc([N+](=O)[O-])cc1. The predicted octanol–water partition coefficient (Wildman–Crippen LogP) is 3.06. The molecule has 196 valence electrons. The lowest BCUT2D eigenvalue weighted by Crippen LogP contribution is -2.46. The molecule has 0 bridgehead atoms. The van der Waals surface area contributed by atoms with Crippen LogP contribution in [0.5, 0.6) is 5.75 Å². The standard InChI is InChI=1S/C24H31N3O8S/c1-18(2)16-26(36(33,34)21-13-11-19(12-14-21)27(31)32)22(24(29)30)10-6-7-15-25-23(28)17-35-20-8-4-3-5-9-20/h3-5,8-9,11-14,18,22H,6-7,10,15-17H2,1-2H3,(H,25,28)(H,29,30)/t22-/m0/s1. The van der Waals surface area contributed by atoms with Crippen LogP contribution in [0.3, 0.4) is 0 Å². The number of unbranched alkanes of at least 4 members (excludes halogenated alkanes) is 1. The van der Waals surface area contributed by atoms with E-state index >= 15 is 0 Å². The zero-order valence-corrected chi connectivity index (χ0v) is 21.0. The Morgan fingerprint density at radius 1 is 1.08 bits per heavy atom. The number of nitrogens with zero attached hydrogens (tertiary/aromatic N) is 2. The van der Waals surface area contributed by atoms with Crippen LogP contribution in [0, 0.1) is 16.0 Å². The Kier molecular flexibility index (Phi) is 10.8. The minimum atomic E-state index is -4.23. The number of hydrogen-bond donors (Lipinski definition) is 2. The molecule has 0 aliphatic carbocycles. The van der Waals surface area contributed by atoms with Crippen LogP contribution >= 0.6 is 0 Å². The summed E-state index contributed by atoms with van der Waals surface area (Å²) in [6.45, 7) is 3.62. The van der Waals surface area contributed by atoms with Gasteiger partial charge in [-0.2, -0.15) is 4.31 Å². The fraction of sp³-hybridized carbons (Fsp3) is 0.417. The summed E-state index contributed by atoms with van der Waals surface area (Å²) in [7, 11) is -4.23. The minimum absolute atomic E-state index is 0.0324. The summed E-state index contributed by atoms with van der Waals surface area (Å²) in [6.07, 6.45) is 0.819. The molecule has 2 aromatic rings. The number of carbonyl (C=O) groups is 2. The number of carboxylic acids is 1. The maximum absolute atomic E-state index is 13.3. The van der Waals surface area contributed by atoms with E-state index in [1.807, 2.05) is 6.07 Å². The van der Waals surface area contributed by atoms with Crippen LogP contribution in [0.4, 0.5) is 5.69 Å². The Morgan fingerprint density at radius 3 is 2.28 bits per heavy atom. The lowest BCUT2D eigenvalue weighted by molar-refractivity contribution is -0.384. The summed E-state index contributed by atoms with van der Waals surface area (Å²) in [5, 5.41) is 23.4. The first kappa shape index (κ1) is 28.7. The van der Waals surface area contributed by atoms with Gasteiger partial charge < -0.3 is 15.2 Å². The van der Waals surface area contributed by atoms with Crippen molar-refractivity contribution in [2.24, 2.45) is 5.92 Å². The van der Waals surface area contributed by atoms with Crippen molar-refractivity contribution in [1.82, 2.24) is 9.62 Å². The van der Waals surface area contributed by atoms with Crippen LogP contribution in [0.25, 0.3) is 0 Å². The average Bonchev–Trinajstić information content (AvgIpc) is 2.84. The molecule has 2 N–H and O–H groups in total. The zero-order chi connectivity index (χ0) is 26.7. The average molecular weight is 522 g/mol. The summed E-state index contributed by atoms with van der Waals surface area (Å²) in [4.78, 5) is 34.0. The summed E-state index contributed by atoms with van der Waals surface area (Å²) >= 11 is 0. The Bertz CT molecular complexity index is 1120. The van der Waals surface area contributed by atoms with Gasteiger partial charge in [0.2, 0.25) is 10.0 Å². The third-order valence-electron chi connectivity index (χ3n) is 5.17. The summed E-state index contributed by atoms with van der Waals surface area (Å²) < 4.78 is 32.9. The number of rotatable bonds is 15. The topological polar surface area (TPSA) is 156 Å². The number of para-hydroxylation sites is 1. The maximum Gasteiger partial charge on any atom is 0.322 e. The third-order valence-corrected chi connectivity index (χ3v) is 7.06. The highest BCUT2D eigenvalue weighted by atomic mass is 32.2. The van der Waals surface area contributed by atoms with E-state index in [1.165, 1.54) is 0 Å². The molecule has 0 saturated heterocycles. The lowest BCUT2D eigenvalue weighted by atomic mass is 10.1. The maximum atomic E-state index is 13.3. The monoisotopic (exact) mass is 521 g/mol. The van der Waals surface area contributed by atoms with Gasteiger partial charge in [-0.25, -0.2) is 8.42 Å². The van der Waals surface area contributed by atoms with Gasteiger partial charge in [-0.05, 0) is 49.4 Å². The molecule has 0 saturated carbocycles. The third kappa shape index (κ3) is 8.61. The second kappa shape index (κ2) is 13.5. The van der Waals surface area contributed by atoms with Gasteiger partial charge in [0.05, 0.1) is 9.82 Å². The number of non-ortho nitro benzene ring substituents is 1. The molecule has 0 heterocycles. The number of nitro groups is 1. The molecule has 0 aliphatic heterocycles. The normalized spacial score (nSPS) is 12.3. The first-order chi connectivity index (χ1) is 17.0. The second-order valence-electron chi connectivity index (χ2n) is 8.52. The first-order valence-electron chi connectivity index (χ1n) is 11.5. The molecule has 0 spiro atoms. The Hall–Kier alpha value is -3.51. The minimum Gasteiger partial charge on any atom is -0.484 e. The molecule has 2 rings (SSSR count). The smallest absolute Gasteiger partial charge is 0.322 e. The molecule has 1 amide bonds. The van der Waals surface area contributed by atoms with Crippen LogP contribution in [0.15, 0.2) is 59.5 Å². The van der Waals surface area contributed by atoms with E-state index in [0.717, 1.165) is 28.6 Å².